The maximum absolute atomic E-state index is 9.12. The van der Waals surface area contributed by atoms with Crippen LogP contribution in [0.15, 0.2) is 0 Å². The summed E-state index contributed by atoms with van der Waals surface area (Å²) < 4.78 is 0. The Labute approximate surface area is 108 Å². The van der Waals surface area contributed by atoms with Crippen LogP contribution in [0.2, 0.25) is 0 Å². The predicted octanol–water partition coefficient (Wildman–Crippen LogP) is 2.52. The summed E-state index contributed by atoms with van der Waals surface area (Å²) in [6.07, 6.45) is 4.49. The van der Waals surface area contributed by atoms with E-state index in [1.165, 1.54) is 0 Å². The molecular formula is C10H22N2O2S2. The highest BCUT2D eigenvalue weighted by Gasteiger charge is 2.05. The molecule has 0 aliphatic carbocycles. The van der Waals surface area contributed by atoms with Crippen LogP contribution in [0.5, 0.6) is 0 Å². The molecular weight excluding hydrogens is 244 g/mol. The average molecular weight is 266 g/mol. The number of rotatable bonds is 6. The van der Waals surface area contributed by atoms with Gasteiger partial charge in [-0.2, -0.15) is 0 Å². The second-order valence-electron chi connectivity index (χ2n) is 3.31. The van der Waals surface area contributed by atoms with Crippen LogP contribution in [-0.4, -0.2) is 38.6 Å². The summed E-state index contributed by atoms with van der Waals surface area (Å²) in [5.74, 6) is 0. The quantitative estimate of drug-likeness (QED) is 0.642. The number of aliphatic hydroxyl groups excluding tert-OH is 2. The second-order valence-corrected chi connectivity index (χ2v) is 4.10. The molecule has 0 bridgehead atoms. The van der Waals surface area contributed by atoms with E-state index >= 15 is 0 Å². The molecule has 4 nitrogen and oxygen atoms in total. The molecule has 16 heavy (non-hydrogen) atoms. The number of nitrogens with two attached hydrogens (primary N) is 1. The molecule has 0 aromatic rings. The van der Waals surface area contributed by atoms with Crippen molar-refractivity contribution in [3.63, 3.8) is 0 Å². The van der Waals surface area contributed by atoms with Crippen molar-refractivity contribution in [2.24, 2.45) is 5.73 Å². The number of aliphatic hydroxyl groups is 2. The molecule has 0 fully saturated rings. The van der Waals surface area contributed by atoms with Gasteiger partial charge in [0.05, 0.1) is 0 Å². The summed E-state index contributed by atoms with van der Waals surface area (Å²) in [5, 5.41) is 16.2. The monoisotopic (exact) mass is 266 g/mol. The molecule has 0 saturated heterocycles. The fraction of sp³-hybridized carbons (Fsp3) is 0.800. The van der Waals surface area contributed by atoms with Gasteiger partial charge in [-0.3, -0.25) is 0 Å². The zero-order valence-corrected chi connectivity index (χ0v) is 11.6. The van der Waals surface area contributed by atoms with Crippen LogP contribution < -0.4 is 5.73 Å². The van der Waals surface area contributed by atoms with Gasteiger partial charge in [0.2, 0.25) is 0 Å². The van der Waals surface area contributed by atoms with Gasteiger partial charge in [0.15, 0.2) is 0 Å². The molecule has 0 saturated carbocycles. The van der Waals surface area contributed by atoms with Crippen molar-refractivity contribution in [1.82, 2.24) is 4.90 Å². The number of nitrogens with zero attached hydrogens (tertiary/aromatic N) is 1. The van der Waals surface area contributed by atoms with Gasteiger partial charge in [0.1, 0.15) is 0 Å². The van der Waals surface area contributed by atoms with Crippen molar-refractivity contribution in [2.45, 2.75) is 39.5 Å². The molecule has 0 spiro atoms. The molecule has 0 aromatic heterocycles. The smallest absolute Gasteiger partial charge is 0.256 e. The Hall–Kier alpha value is -0.620. The summed E-state index contributed by atoms with van der Waals surface area (Å²) in [6, 6.07) is 0. The minimum Gasteiger partial charge on any atom is -0.487 e. The minimum atomic E-state index is -0.500. The van der Waals surface area contributed by atoms with Crippen molar-refractivity contribution in [2.75, 3.05) is 13.1 Å². The number of hydrogen-bond donors (Lipinski definition) is 3. The topological polar surface area (TPSA) is 69.7 Å². The first kappa shape index (κ1) is 17.8. The van der Waals surface area contributed by atoms with Crippen LogP contribution in [0.4, 0.5) is 0 Å². The van der Waals surface area contributed by atoms with Gasteiger partial charge in [0.25, 0.3) is 10.3 Å². The van der Waals surface area contributed by atoms with E-state index in [9.17, 15) is 0 Å². The zero-order valence-electron chi connectivity index (χ0n) is 9.98. The lowest BCUT2D eigenvalue weighted by Gasteiger charge is -2.20. The Balaban J connectivity index is 0. The summed E-state index contributed by atoms with van der Waals surface area (Å²) in [5.41, 5.74) is 4.40. The molecule has 0 amide bonds. The Bertz CT molecular complexity index is 189. The number of hydrogen-bond acceptors (Lipinski definition) is 2. The Kier molecular flexibility index (Phi) is 13.8. The van der Waals surface area contributed by atoms with E-state index in [-0.39, 0.29) is 5.17 Å². The van der Waals surface area contributed by atoms with Crippen LogP contribution in [0.1, 0.15) is 39.5 Å². The normalized spacial score (nSPS) is 8.88. The van der Waals surface area contributed by atoms with Gasteiger partial charge in [-0.25, -0.2) is 0 Å². The van der Waals surface area contributed by atoms with Gasteiger partial charge in [-0.1, -0.05) is 26.7 Å². The van der Waals surface area contributed by atoms with E-state index in [0.717, 1.165) is 38.8 Å². The molecule has 0 aromatic carbocycles. The van der Waals surface area contributed by atoms with Crippen LogP contribution >= 0.6 is 24.4 Å². The third-order valence-electron chi connectivity index (χ3n) is 1.83. The number of thiocarbonyl (C=S) groups is 2. The van der Waals surface area contributed by atoms with Crippen molar-refractivity contribution >= 4 is 34.8 Å². The van der Waals surface area contributed by atoms with Gasteiger partial charge in [-0.15, -0.1) is 0 Å². The first-order valence-corrected chi connectivity index (χ1v) is 6.23. The maximum Gasteiger partial charge on any atom is 0.256 e. The second kappa shape index (κ2) is 12.4. The van der Waals surface area contributed by atoms with E-state index in [2.05, 4.69) is 31.8 Å². The fourth-order valence-corrected chi connectivity index (χ4v) is 1.18. The molecule has 4 N–H and O–H groups in total. The van der Waals surface area contributed by atoms with Crippen molar-refractivity contribution in [3.05, 3.63) is 0 Å². The first-order valence-electron chi connectivity index (χ1n) is 5.41. The van der Waals surface area contributed by atoms with Crippen molar-refractivity contribution in [1.29, 1.82) is 0 Å². The Morgan fingerprint density at radius 1 is 1.06 bits per heavy atom. The lowest BCUT2D eigenvalue weighted by atomic mass is 10.3. The molecule has 0 rings (SSSR count). The zero-order chi connectivity index (χ0) is 13.0. The largest absolute Gasteiger partial charge is 0.487 e. The van der Waals surface area contributed by atoms with Gasteiger partial charge >= 0.3 is 0 Å². The third-order valence-corrected chi connectivity index (χ3v) is 2.09. The molecule has 0 heterocycles. The Morgan fingerprint density at radius 3 is 1.56 bits per heavy atom. The van der Waals surface area contributed by atoms with E-state index < -0.39 is 5.17 Å². The summed E-state index contributed by atoms with van der Waals surface area (Å²) in [4.78, 5) is 1.88. The highest BCUT2D eigenvalue weighted by molar-refractivity contribution is 7.80. The van der Waals surface area contributed by atoms with E-state index in [1.54, 1.807) is 0 Å². The van der Waals surface area contributed by atoms with E-state index in [4.69, 9.17) is 22.4 Å². The SMILES string of the molecule is CCCCN(CCCC)C(O)=S.NC(O)=S. The standard InChI is InChI=1S/C9H19NOS.CH3NOS/c1-3-5-7-10(9(11)12)8-6-4-2;2-1(3)4/h3-8H2,1-2H3,(H,11,12);(H3,2,3,4). The highest BCUT2D eigenvalue weighted by atomic mass is 32.1. The molecule has 96 valence electrons. The number of unbranched alkanes of at least 4 members (excludes halogenated alkanes) is 2. The van der Waals surface area contributed by atoms with E-state index in [1.807, 2.05) is 4.90 Å². The molecule has 0 radical (unpaired) electrons. The molecule has 0 unspecified atom stereocenters. The Morgan fingerprint density at radius 2 is 1.38 bits per heavy atom. The third kappa shape index (κ3) is 15.8. The van der Waals surface area contributed by atoms with Crippen LogP contribution in [-0.2, 0) is 0 Å². The minimum absolute atomic E-state index is 0.0527. The van der Waals surface area contributed by atoms with Gasteiger partial charge < -0.3 is 20.8 Å². The fourth-order valence-electron chi connectivity index (χ4n) is 1.00. The van der Waals surface area contributed by atoms with Crippen molar-refractivity contribution < 1.29 is 10.2 Å². The molecule has 0 atom stereocenters. The molecule has 6 heteroatoms. The predicted molar refractivity (Wildman–Crippen MR) is 76.0 cm³/mol. The van der Waals surface area contributed by atoms with Crippen LogP contribution in [0.3, 0.4) is 0 Å². The van der Waals surface area contributed by atoms with Crippen LogP contribution in [0, 0.1) is 0 Å². The van der Waals surface area contributed by atoms with Crippen molar-refractivity contribution in [3.8, 4) is 0 Å². The van der Waals surface area contributed by atoms with E-state index in [0.29, 0.717) is 0 Å². The first-order chi connectivity index (χ1) is 7.45. The highest BCUT2D eigenvalue weighted by Crippen LogP contribution is 1.99. The van der Waals surface area contributed by atoms with Crippen LogP contribution in [0.25, 0.3) is 0 Å². The summed E-state index contributed by atoms with van der Waals surface area (Å²) in [7, 11) is 0. The lowest BCUT2D eigenvalue weighted by Crippen LogP contribution is -2.31. The summed E-state index contributed by atoms with van der Waals surface area (Å²) in [6.45, 7) is 6.06. The summed E-state index contributed by atoms with van der Waals surface area (Å²) >= 11 is 8.60. The maximum atomic E-state index is 9.12. The molecule has 0 aliphatic heterocycles. The lowest BCUT2D eigenvalue weighted by molar-refractivity contribution is 0.333. The van der Waals surface area contributed by atoms with Gasteiger partial charge in [0, 0.05) is 13.1 Å². The van der Waals surface area contributed by atoms with Gasteiger partial charge in [-0.05, 0) is 37.3 Å². The average Bonchev–Trinajstić information content (AvgIpc) is 2.16. The molecule has 0 aliphatic rings.